The van der Waals surface area contributed by atoms with Crippen molar-refractivity contribution >= 4 is 22.3 Å². The van der Waals surface area contributed by atoms with Crippen LogP contribution >= 0.6 is 0 Å². The van der Waals surface area contributed by atoms with E-state index in [-0.39, 0.29) is 5.82 Å². The van der Waals surface area contributed by atoms with Gasteiger partial charge in [0, 0.05) is 42.2 Å². The molecule has 0 saturated carbocycles. The molecule has 41 heavy (non-hydrogen) atoms. The Hall–Kier alpha value is -4.09. The average molecular weight is 545 g/mol. The molecule has 1 fully saturated rings. The Morgan fingerprint density at radius 2 is 1.66 bits per heavy atom. The van der Waals surface area contributed by atoms with E-state index in [4.69, 9.17) is 0 Å². The van der Waals surface area contributed by atoms with Crippen molar-refractivity contribution in [1.29, 1.82) is 0 Å². The van der Waals surface area contributed by atoms with Crippen molar-refractivity contribution in [3.05, 3.63) is 120 Å². The van der Waals surface area contributed by atoms with E-state index in [9.17, 15) is 4.39 Å². The minimum atomic E-state index is -0.200. The second-order valence-corrected chi connectivity index (χ2v) is 11.7. The first-order chi connectivity index (χ1) is 20.0. The molecule has 208 valence electrons. The summed E-state index contributed by atoms with van der Waals surface area (Å²) in [6, 6.07) is 33.6. The number of rotatable bonds is 6. The summed E-state index contributed by atoms with van der Waals surface area (Å²) in [4.78, 5) is 5.21. The lowest BCUT2D eigenvalue weighted by Gasteiger charge is -2.41. The van der Waals surface area contributed by atoms with Crippen molar-refractivity contribution in [2.75, 3.05) is 23.3 Å². The molecule has 0 aliphatic carbocycles. The van der Waals surface area contributed by atoms with Gasteiger partial charge < -0.3 is 14.8 Å². The number of nitrogens with zero attached hydrogens (tertiary/aromatic N) is 3. The maximum Gasteiger partial charge on any atom is 0.123 e. The third kappa shape index (κ3) is 4.89. The molecule has 2 unspecified atom stereocenters. The van der Waals surface area contributed by atoms with E-state index in [1.807, 2.05) is 6.07 Å². The highest BCUT2D eigenvalue weighted by atomic mass is 19.1. The molecule has 5 aromatic rings. The lowest BCUT2D eigenvalue weighted by Crippen LogP contribution is -2.47. The van der Waals surface area contributed by atoms with E-state index < -0.39 is 0 Å². The SMILES string of the molecule is CC(c1ccccc1)N1c2ccccc2NC1C1CCN(Cc2ccc3c(-c4cccc(F)c4)cn(C)c3c2)CC1. The number of anilines is 2. The topological polar surface area (TPSA) is 23.4 Å². The van der Waals surface area contributed by atoms with Gasteiger partial charge in [-0.2, -0.15) is 0 Å². The fourth-order valence-electron chi connectivity index (χ4n) is 6.99. The molecule has 2 atom stereocenters. The first kappa shape index (κ1) is 25.8. The van der Waals surface area contributed by atoms with Crippen LogP contribution in [-0.2, 0) is 13.6 Å². The molecule has 1 N–H and O–H groups in total. The van der Waals surface area contributed by atoms with Gasteiger partial charge in [-0.15, -0.1) is 0 Å². The van der Waals surface area contributed by atoms with Gasteiger partial charge in [0.15, 0.2) is 0 Å². The zero-order valence-corrected chi connectivity index (χ0v) is 23.8. The number of nitrogens with one attached hydrogen (secondary N) is 1. The van der Waals surface area contributed by atoms with E-state index in [0.717, 1.165) is 30.8 Å². The second-order valence-electron chi connectivity index (χ2n) is 11.7. The Bertz CT molecular complexity index is 1670. The number of fused-ring (bicyclic) bond motifs is 2. The Balaban J connectivity index is 1.06. The van der Waals surface area contributed by atoms with Crippen molar-refractivity contribution in [3.63, 3.8) is 0 Å². The highest BCUT2D eigenvalue weighted by Crippen LogP contribution is 2.44. The number of aryl methyl sites for hydroxylation is 1. The maximum atomic E-state index is 13.9. The Kier molecular flexibility index (Phi) is 6.76. The van der Waals surface area contributed by atoms with Crippen molar-refractivity contribution in [3.8, 4) is 11.1 Å². The average Bonchev–Trinajstić information content (AvgIpc) is 3.55. The molecule has 5 heteroatoms. The van der Waals surface area contributed by atoms with E-state index in [0.29, 0.717) is 18.1 Å². The summed E-state index contributed by atoms with van der Waals surface area (Å²) in [5.41, 5.74) is 8.42. The number of hydrogen-bond donors (Lipinski definition) is 1. The third-order valence-corrected chi connectivity index (χ3v) is 9.16. The first-order valence-electron chi connectivity index (χ1n) is 14.8. The number of aromatic nitrogens is 1. The molecule has 1 saturated heterocycles. The van der Waals surface area contributed by atoms with Crippen LogP contribution in [0.2, 0.25) is 0 Å². The van der Waals surface area contributed by atoms with Crippen molar-refractivity contribution in [2.45, 2.75) is 38.5 Å². The molecule has 0 bridgehead atoms. The number of likely N-dealkylation sites (tertiary alicyclic amines) is 1. The van der Waals surface area contributed by atoms with Crippen LogP contribution in [0, 0.1) is 11.7 Å². The largest absolute Gasteiger partial charge is 0.363 e. The Morgan fingerprint density at radius 1 is 0.878 bits per heavy atom. The van der Waals surface area contributed by atoms with Crippen LogP contribution < -0.4 is 10.2 Å². The summed E-state index contributed by atoms with van der Waals surface area (Å²) in [5, 5.41) is 5.06. The molecule has 0 radical (unpaired) electrons. The quantitative estimate of drug-likeness (QED) is 0.233. The van der Waals surface area contributed by atoms with E-state index in [1.54, 1.807) is 12.1 Å². The molecule has 4 nitrogen and oxygen atoms in total. The number of piperidine rings is 1. The lowest BCUT2D eigenvalue weighted by molar-refractivity contribution is 0.164. The molecule has 3 heterocycles. The predicted molar refractivity (Wildman–Crippen MR) is 168 cm³/mol. The third-order valence-electron chi connectivity index (χ3n) is 9.16. The van der Waals surface area contributed by atoms with Gasteiger partial charge in [-0.05, 0) is 79.9 Å². The normalized spacial score (nSPS) is 18.4. The number of para-hydroxylation sites is 2. The lowest BCUT2D eigenvalue weighted by atomic mass is 9.91. The van der Waals surface area contributed by atoms with E-state index in [2.05, 4.69) is 113 Å². The molecule has 0 amide bonds. The van der Waals surface area contributed by atoms with Gasteiger partial charge in [0.25, 0.3) is 0 Å². The maximum absolute atomic E-state index is 13.9. The van der Waals surface area contributed by atoms with Gasteiger partial charge in [0.2, 0.25) is 0 Å². The van der Waals surface area contributed by atoms with Crippen LogP contribution in [0.3, 0.4) is 0 Å². The summed E-state index contributed by atoms with van der Waals surface area (Å²) in [6.07, 6.45) is 4.74. The van der Waals surface area contributed by atoms with Crippen molar-refractivity contribution in [1.82, 2.24) is 9.47 Å². The van der Waals surface area contributed by atoms with Crippen LogP contribution in [0.5, 0.6) is 0 Å². The summed E-state index contributed by atoms with van der Waals surface area (Å²) in [6.45, 7) is 5.46. The van der Waals surface area contributed by atoms with Crippen molar-refractivity contribution < 1.29 is 4.39 Å². The molecular formula is C36H37FN4. The van der Waals surface area contributed by atoms with Crippen LogP contribution in [0.4, 0.5) is 15.8 Å². The first-order valence-corrected chi connectivity index (χ1v) is 14.8. The molecule has 0 spiro atoms. The minimum absolute atomic E-state index is 0.200. The minimum Gasteiger partial charge on any atom is -0.363 e. The summed E-state index contributed by atoms with van der Waals surface area (Å²) in [5.74, 6) is 0.378. The van der Waals surface area contributed by atoms with Gasteiger partial charge in [-0.1, -0.05) is 66.7 Å². The van der Waals surface area contributed by atoms with Gasteiger partial charge in [0.05, 0.1) is 17.4 Å². The van der Waals surface area contributed by atoms with E-state index in [1.165, 1.54) is 52.3 Å². The number of halogens is 1. The monoisotopic (exact) mass is 544 g/mol. The predicted octanol–water partition coefficient (Wildman–Crippen LogP) is 8.22. The summed E-state index contributed by atoms with van der Waals surface area (Å²) in [7, 11) is 2.08. The summed E-state index contributed by atoms with van der Waals surface area (Å²) < 4.78 is 16.1. The molecule has 4 aromatic carbocycles. The van der Waals surface area contributed by atoms with Gasteiger partial charge >= 0.3 is 0 Å². The zero-order valence-electron chi connectivity index (χ0n) is 23.8. The molecular weight excluding hydrogens is 507 g/mol. The Morgan fingerprint density at radius 3 is 2.46 bits per heavy atom. The smallest absolute Gasteiger partial charge is 0.123 e. The molecule has 2 aliphatic rings. The summed E-state index contributed by atoms with van der Waals surface area (Å²) >= 11 is 0. The van der Waals surface area contributed by atoms with Gasteiger partial charge in [-0.3, -0.25) is 4.90 Å². The van der Waals surface area contributed by atoms with Gasteiger partial charge in [-0.25, -0.2) is 4.39 Å². The van der Waals surface area contributed by atoms with Crippen LogP contribution in [0.1, 0.15) is 36.9 Å². The second kappa shape index (κ2) is 10.7. The molecule has 2 aliphatic heterocycles. The fourth-order valence-corrected chi connectivity index (χ4v) is 6.99. The van der Waals surface area contributed by atoms with E-state index >= 15 is 0 Å². The molecule has 7 rings (SSSR count). The zero-order chi connectivity index (χ0) is 27.9. The number of benzene rings is 4. The Labute approximate surface area is 242 Å². The fraction of sp³-hybridized carbons (Fsp3) is 0.278. The standard InChI is InChI=1S/C36H37FN4/c1-25(27-9-4-3-5-10-27)41-34-14-7-6-13-33(34)38-36(41)28-17-19-40(20-18-28)23-26-15-16-31-32(24-39(2)35(31)21-26)29-11-8-12-30(37)22-29/h3-16,21-22,24-25,28,36,38H,17-20,23H2,1-2H3. The number of hydrogen-bond acceptors (Lipinski definition) is 3. The van der Waals surface area contributed by atoms with Crippen LogP contribution in [0.25, 0.3) is 22.0 Å². The molecule has 1 aromatic heterocycles. The van der Waals surface area contributed by atoms with Crippen LogP contribution in [-0.4, -0.2) is 28.7 Å². The highest BCUT2D eigenvalue weighted by molar-refractivity contribution is 5.96. The van der Waals surface area contributed by atoms with Crippen LogP contribution in [0.15, 0.2) is 103 Å². The van der Waals surface area contributed by atoms with Crippen molar-refractivity contribution in [2.24, 2.45) is 13.0 Å². The van der Waals surface area contributed by atoms with Gasteiger partial charge in [0.1, 0.15) is 12.0 Å². The highest BCUT2D eigenvalue weighted by Gasteiger charge is 2.38.